The van der Waals surface area contributed by atoms with Gasteiger partial charge in [-0.3, -0.25) is 14.7 Å². The standard InChI is InChI=1S/C21H28N2O3/c1-13-11-14-15-8-6-10-23(19(25)26-20(2,3)4)21(15,12-13)16-7-5-9-22-17(16)18(14)24/h5,7,9,13-15H,6,8,10-12H2,1-4H3/t13-,14-,15-,21-/m1/s1. The zero-order chi connectivity index (χ0) is 18.7. The van der Waals surface area contributed by atoms with E-state index in [9.17, 15) is 9.59 Å². The van der Waals surface area contributed by atoms with Gasteiger partial charge in [0.05, 0.1) is 5.54 Å². The molecule has 5 heteroatoms. The average molecular weight is 356 g/mol. The number of fused-ring (bicyclic) bond motifs is 1. The molecular formula is C21H28N2O3. The van der Waals surface area contributed by atoms with Gasteiger partial charge >= 0.3 is 6.09 Å². The third-order valence-electron chi connectivity index (χ3n) is 6.25. The summed E-state index contributed by atoms with van der Waals surface area (Å²) in [7, 11) is 0. The number of rotatable bonds is 0. The lowest BCUT2D eigenvalue weighted by Gasteiger charge is -2.60. The molecule has 0 aromatic carbocycles. The summed E-state index contributed by atoms with van der Waals surface area (Å²) in [6.07, 6.45) is 5.09. The highest BCUT2D eigenvalue weighted by Gasteiger charge is 2.61. The molecule has 2 bridgehead atoms. The van der Waals surface area contributed by atoms with Gasteiger partial charge in [-0.25, -0.2) is 4.79 Å². The van der Waals surface area contributed by atoms with E-state index in [-0.39, 0.29) is 23.7 Å². The highest BCUT2D eigenvalue weighted by atomic mass is 16.6. The Morgan fingerprint density at radius 3 is 2.88 bits per heavy atom. The first-order valence-electron chi connectivity index (χ1n) is 9.74. The van der Waals surface area contributed by atoms with Crippen LogP contribution in [0.2, 0.25) is 0 Å². The van der Waals surface area contributed by atoms with Crippen LogP contribution in [0.4, 0.5) is 4.79 Å². The number of Topliss-reactive ketones (excluding diaryl/α,β-unsaturated/α-hetero) is 1. The van der Waals surface area contributed by atoms with E-state index in [2.05, 4.69) is 11.9 Å². The Hall–Kier alpha value is -1.91. The number of hydrogen-bond donors (Lipinski definition) is 0. The third kappa shape index (κ3) is 2.47. The second-order valence-electron chi connectivity index (χ2n) is 9.22. The molecular weight excluding hydrogens is 328 g/mol. The van der Waals surface area contributed by atoms with Crippen molar-refractivity contribution in [2.24, 2.45) is 17.8 Å². The molecule has 1 aromatic rings. The van der Waals surface area contributed by atoms with Crippen molar-refractivity contribution in [1.82, 2.24) is 9.88 Å². The number of piperidine rings is 1. The van der Waals surface area contributed by atoms with Crippen LogP contribution in [0.1, 0.15) is 69.4 Å². The summed E-state index contributed by atoms with van der Waals surface area (Å²) in [6, 6.07) is 3.89. The number of amides is 1. The lowest BCUT2D eigenvalue weighted by atomic mass is 9.53. The fourth-order valence-electron chi connectivity index (χ4n) is 5.56. The molecule has 2 fully saturated rings. The largest absolute Gasteiger partial charge is 0.444 e. The second-order valence-corrected chi connectivity index (χ2v) is 9.22. The third-order valence-corrected chi connectivity index (χ3v) is 6.25. The lowest BCUT2D eigenvalue weighted by Crippen LogP contribution is -2.65. The number of carbonyl (C=O) groups is 2. The number of carbonyl (C=O) groups excluding carboxylic acids is 2. The molecule has 0 spiro atoms. The first-order chi connectivity index (χ1) is 12.2. The fourth-order valence-corrected chi connectivity index (χ4v) is 5.56. The predicted octanol–water partition coefficient (Wildman–Crippen LogP) is 4.17. The molecule has 0 N–H and O–H groups in total. The van der Waals surface area contributed by atoms with Gasteiger partial charge in [0.25, 0.3) is 0 Å². The minimum absolute atomic E-state index is 0.0358. The molecule has 3 aliphatic rings. The fraction of sp³-hybridized carbons (Fsp3) is 0.667. The van der Waals surface area contributed by atoms with Crippen LogP contribution in [-0.2, 0) is 10.3 Å². The second kappa shape index (κ2) is 5.80. The molecule has 4 rings (SSSR count). The maximum atomic E-state index is 13.2. The van der Waals surface area contributed by atoms with Crippen molar-refractivity contribution in [1.29, 1.82) is 0 Å². The van der Waals surface area contributed by atoms with Crippen molar-refractivity contribution in [3.8, 4) is 0 Å². The maximum Gasteiger partial charge on any atom is 0.411 e. The summed E-state index contributed by atoms with van der Waals surface area (Å²) in [5, 5.41) is 0. The molecule has 2 aliphatic carbocycles. The Morgan fingerprint density at radius 1 is 1.38 bits per heavy atom. The molecule has 1 aromatic heterocycles. The lowest BCUT2D eigenvalue weighted by molar-refractivity contribution is -0.0845. The number of aromatic nitrogens is 1. The molecule has 1 saturated carbocycles. The molecule has 140 valence electrons. The Balaban J connectivity index is 1.88. The number of ketones is 1. The number of hydrogen-bond acceptors (Lipinski definition) is 4. The van der Waals surface area contributed by atoms with Crippen LogP contribution in [0.15, 0.2) is 18.3 Å². The molecule has 4 atom stereocenters. The monoisotopic (exact) mass is 356 g/mol. The van der Waals surface area contributed by atoms with Gasteiger partial charge in [-0.2, -0.15) is 0 Å². The maximum absolute atomic E-state index is 13.2. The average Bonchev–Trinajstić information content (AvgIpc) is 2.57. The van der Waals surface area contributed by atoms with Gasteiger partial charge in [-0.05, 0) is 64.4 Å². The van der Waals surface area contributed by atoms with Crippen LogP contribution in [0.25, 0.3) is 0 Å². The van der Waals surface area contributed by atoms with Gasteiger partial charge in [0.2, 0.25) is 0 Å². The highest BCUT2D eigenvalue weighted by Crippen LogP contribution is 2.58. The van der Waals surface area contributed by atoms with E-state index in [0.717, 1.165) is 31.2 Å². The van der Waals surface area contributed by atoms with Gasteiger partial charge in [0, 0.05) is 24.2 Å². The number of likely N-dealkylation sites (tertiary alicyclic amines) is 1. The van der Waals surface area contributed by atoms with Gasteiger partial charge in [0.15, 0.2) is 5.78 Å². The van der Waals surface area contributed by atoms with E-state index in [1.54, 1.807) is 6.20 Å². The van der Waals surface area contributed by atoms with Crippen molar-refractivity contribution in [3.63, 3.8) is 0 Å². The smallest absolute Gasteiger partial charge is 0.411 e. The summed E-state index contributed by atoms with van der Waals surface area (Å²) >= 11 is 0. The summed E-state index contributed by atoms with van der Waals surface area (Å²) < 4.78 is 5.77. The first kappa shape index (κ1) is 17.5. The molecule has 1 aliphatic heterocycles. The van der Waals surface area contributed by atoms with Crippen molar-refractivity contribution in [2.45, 2.75) is 64.5 Å². The number of nitrogens with zero attached hydrogens (tertiary/aromatic N) is 2. The zero-order valence-electron chi connectivity index (χ0n) is 16.1. The molecule has 2 heterocycles. The van der Waals surface area contributed by atoms with Crippen molar-refractivity contribution >= 4 is 11.9 Å². The van der Waals surface area contributed by atoms with E-state index in [1.165, 1.54) is 0 Å². The highest BCUT2D eigenvalue weighted by molar-refractivity contribution is 6.00. The van der Waals surface area contributed by atoms with E-state index in [4.69, 9.17) is 4.74 Å². The van der Waals surface area contributed by atoms with Crippen molar-refractivity contribution in [3.05, 3.63) is 29.6 Å². The normalized spacial score (nSPS) is 33.3. The summed E-state index contributed by atoms with van der Waals surface area (Å²) in [5.74, 6) is 0.686. The van der Waals surface area contributed by atoms with Crippen LogP contribution in [0.3, 0.4) is 0 Å². The van der Waals surface area contributed by atoms with Crippen LogP contribution in [0, 0.1) is 17.8 Å². The molecule has 0 unspecified atom stereocenters. The van der Waals surface area contributed by atoms with Gasteiger partial charge in [0.1, 0.15) is 11.3 Å². The topological polar surface area (TPSA) is 59.5 Å². The Labute approximate surface area is 155 Å². The minimum Gasteiger partial charge on any atom is -0.444 e. The van der Waals surface area contributed by atoms with Crippen LogP contribution >= 0.6 is 0 Å². The SMILES string of the molecule is C[C@@H]1C[C@H]2C(=O)c3ncccc3[C@@]3(C1)[C@@H]2CCCN3C(=O)OC(C)(C)C. The van der Waals surface area contributed by atoms with E-state index < -0.39 is 11.1 Å². The van der Waals surface area contributed by atoms with E-state index in [0.29, 0.717) is 18.2 Å². The number of ether oxygens (including phenoxy) is 1. The summed E-state index contributed by atoms with van der Waals surface area (Å²) in [4.78, 5) is 32.7. The summed E-state index contributed by atoms with van der Waals surface area (Å²) in [5.41, 5.74) is 0.503. The van der Waals surface area contributed by atoms with Crippen molar-refractivity contribution in [2.75, 3.05) is 6.54 Å². The minimum atomic E-state index is -0.539. The Bertz CT molecular complexity index is 754. The van der Waals surface area contributed by atoms with Gasteiger partial charge in [-0.1, -0.05) is 13.0 Å². The molecule has 1 saturated heterocycles. The molecule has 0 radical (unpaired) electrons. The summed E-state index contributed by atoms with van der Waals surface area (Å²) in [6.45, 7) is 8.57. The number of pyridine rings is 1. The van der Waals surface area contributed by atoms with Gasteiger partial charge in [-0.15, -0.1) is 0 Å². The van der Waals surface area contributed by atoms with Crippen LogP contribution < -0.4 is 0 Å². The Morgan fingerprint density at radius 2 is 2.15 bits per heavy atom. The van der Waals surface area contributed by atoms with Crippen LogP contribution in [0.5, 0.6) is 0 Å². The quantitative estimate of drug-likeness (QED) is 0.700. The van der Waals surface area contributed by atoms with E-state index >= 15 is 0 Å². The molecule has 5 nitrogen and oxygen atoms in total. The van der Waals surface area contributed by atoms with Gasteiger partial charge < -0.3 is 4.74 Å². The van der Waals surface area contributed by atoms with Crippen molar-refractivity contribution < 1.29 is 14.3 Å². The zero-order valence-corrected chi connectivity index (χ0v) is 16.1. The first-order valence-corrected chi connectivity index (χ1v) is 9.74. The van der Waals surface area contributed by atoms with E-state index in [1.807, 2.05) is 37.8 Å². The van der Waals surface area contributed by atoms with Crippen LogP contribution in [-0.4, -0.2) is 33.9 Å². The Kier molecular flexibility index (Phi) is 3.90. The molecule has 26 heavy (non-hydrogen) atoms. The predicted molar refractivity (Wildman–Crippen MR) is 97.8 cm³/mol. The molecule has 1 amide bonds.